The van der Waals surface area contributed by atoms with E-state index in [0.29, 0.717) is 42.2 Å². The fraction of sp³-hybridized carbons (Fsp3) is 0.353. The number of aromatic nitrogens is 6. The van der Waals surface area contributed by atoms with E-state index in [9.17, 15) is 9.59 Å². The second kappa shape index (κ2) is 15.0. The number of carbonyl (C=O) groups excluding carboxylic acids is 2. The zero-order valence-electron chi connectivity index (χ0n) is 26.6. The van der Waals surface area contributed by atoms with E-state index in [1.54, 1.807) is 13.3 Å². The van der Waals surface area contributed by atoms with Crippen LogP contribution in [0, 0.1) is 0 Å². The van der Waals surface area contributed by atoms with Crippen LogP contribution in [0.25, 0.3) is 17.1 Å². The van der Waals surface area contributed by atoms with Crippen molar-refractivity contribution in [2.75, 3.05) is 52.5 Å². The van der Waals surface area contributed by atoms with Gasteiger partial charge in [0.1, 0.15) is 6.61 Å². The molecule has 0 N–H and O–H groups in total. The number of fused-ring (bicyclic) bond motifs is 1. The number of rotatable bonds is 13. The molecule has 0 unspecified atom stereocenters. The zero-order chi connectivity index (χ0) is 32.6. The van der Waals surface area contributed by atoms with Crippen LogP contribution < -0.4 is 4.74 Å². The number of ether oxygens (including phenoxy) is 3. The zero-order valence-corrected chi connectivity index (χ0v) is 26.6. The fourth-order valence-electron chi connectivity index (χ4n) is 5.33. The Morgan fingerprint density at radius 1 is 0.957 bits per heavy atom. The van der Waals surface area contributed by atoms with Crippen LogP contribution in [0.5, 0.6) is 5.88 Å². The Morgan fingerprint density at radius 3 is 2.49 bits per heavy atom. The average Bonchev–Trinajstić information content (AvgIpc) is 3.77. The molecule has 13 nitrogen and oxygen atoms in total. The standard InChI is InChI=1S/C34H38N8O5/c1-3-40(15-14-39-16-18-45-19-17-39)32(43)27-12-10-25(11-13-27)21-41-24-35-29-30(41)37-34(42-22-28(20-36-42)33(44)46-4-2)38-31(29)47-23-26-8-6-5-7-9-26/h5-13,20,22,24H,3-4,14-19,21,23H2,1-2H3. The molecule has 1 fully saturated rings. The largest absolute Gasteiger partial charge is 0.471 e. The third-order valence-corrected chi connectivity index (χ3v) is 7.95. The minimum Gasteiger partial charge on any atom is -0.471 e. The second-order valence-corrected chi connectivity index (χ2v) is 11.1. The monoisotopic (exact) mass is 638 g/mol. The van der Waals surface area contributed by atoms with Gasteiger partial charge in [0.2, 0.25) is 5.88 Å². The molecule has 244 valence electrons. The number of likely N-dealkylation sites (N-methyl/N-ethyl adjacent to an activating group) is 1. The summed E-state index contributed by atoms with van der Waals surface area (Å²) in [6.45, 7) is 10.1. The number of hydrogen-bond acceptors (Lipinski definition) is 10. The lowest BCUT2D eigenvalue weighted by atomic mass is 10.1. The number of amides is 1. The summed E-state index contributed by atoms with van der Waals surface area (Å²) < 4.78 is 20.0. The fourth-order valence-corrected chi connectivity index (χ4v) is 5.33. The van der Waals surface area contributed by atoms with E-state index in [-0.39, 0.29) is 30.6 Å². The highest BCUT2D eigenvalue weighted by molar-refractivity contribution is 5.94. The quantitative estimate of drug-likeness (QED) is 0.176. The molecule has 47 heavy (non-hydrogen) atoms. The van der Waals surface area contributed by atoms with E-state index in [2.05, 4.69) is 20.0 Å². The number of hydrogen-bond donors (Lipinski definition) is 0. The summed E-state index contributed by atoms with van der Waals surface area (Å²) in [6, 6.07) is 17.4. The van der Waals surface area contributed by atoms with E-state index >= 15 is 0 Å². The van der Waals surface area contributed by atoms with Gasteiger partial charge in [0.15, 0.2) is 11.2 Å². The Labute approximate surface area is 272 Å². The minimum absolute atomic E-state index is 0.0133. The van der Waals surface area contributed by atoms with Crippen LogP contribution in [0.4, 0.5) is 0 Å². The van der Waals surface area contributed by atoms with Crippen molar-refractivity contribution in [3.05, 3.63) is 95.6 Å². The number of nitrogens with zero attached hydrogens (tertiary/aromatic N) is 8. The van der Waals surface area contributed by atoms with Gasteiger partial charge in [0.05, 0.1) is 44.5 Å². The first-order valence-electron chi connectivity index (χ1n) is 15.8. The molecule has 0 atom stereocenters. The van der Waals surface area contributed by atoms with Crippen molar-refractivity contribution in [3.63, 3.8) is 0 Å². The van der Waals surface area contributed by atoms with Gasteiger partial charge in [-0.1, -0.05) is 42.5 Å². The molecule has 1 amide bonds. The number of esters is 1. The van der Waals surface area contributed by atoms with Crippen LogP contribution >= 0.6 is 0 Å². The third kappa shape index (κ3) is 7.64. The maximum atomic E-state index is 13.3. The predicted molar refractivity (Wildman–Crippen MR) is 174 cm³/mol. The number of carbonyl (C=O) groups is 2. The predicted octanol–water partition coefficient (Wildman–Crippen LogP) is 3.61. The highest BCUT2D eigenvalue weighted by Crippen LogP contribution is 2.24. The highest BCUT2D eigenvalue weighted by Gasteiger charge is 2.20. The Balaban J connectivity index is 1.22. The van der Waals surface area contributed by atoms with Crippen molar-refractivity contribution < 1.29 is 23.8 Å². The van der Waals surface area contributed by atoms with Crippen LogP contribution in [0.15, 0.2) is 73.3 Å². The lowest BCUT2D eigenvalue weighted by Gasteiger charge is -2.29. The summed E-state index contributed by atoms with van der Waals surface area (Å²) in [7, 11) is 0. The summed E-state index contributed by atoms with van der Waals surface area (Å²) in [6.07, 6.45) is 4.63. The summed E-state index contributed by atoms with van der Waals surface area (Å²) in [5.41, 5.74) is 3.90. The molecule has 1 aliphatic heterocycles. The van der Waals surface area contributed by atoms with E-state index in [4.69, 9.17) is 19.2 Å². The van der Waals surface area contributed by atoms with Crippen molar-refractivity contribution in [2.24, 2.45) is 0 Å². The SMILES string of the molecule is CCOC(=O)c1cnn(-c2nc(OCc3ccccc3)c3ncn(Cc4ccc(C(=O)N(CC)CCN5CCOCC5)cc4)c3n2)c1. The summed E-state index contributed by atoms with van der Waals surface area (Å²) in [4.78, 5) is 43.8. The summed E-state index contributed by atoms with van der Waals surface area (Å²) in [5.74, 6) is 0.0416. The van der Waals surface area contributed by atoms with E-state index in [1.165, 1.54) is 17.1 Å². The van der Waals surface area contributed by atoms with Crippen molar-refractivity contribution in [1.82, 2.24) is 39.1 Å². The molecule has 4 heterocycles. The Bertz CT molecular complexity index is 1800. The van der Waals surface area contributed by atoms with Gasteiger partial charge in [-0.3, -0.25) is 9.69 Å². The van der Waals surface area contributed by atoms with Crippen molar-refractivity contribution >= 4 is 23.0 Å². The molecule has 0 bridgehead atoms. The van der Waals surface area contributed by atoms with Gasteiger partial charge in [0.25, 0.3) is 11.9 Å². The first kappa shape index (κ1) is 31.8. The Hall–Kier alpha value is -5.14. The van der Waals surface area contributed by atoms with Gasteiger partial charge in [0, 0.05) is 44.5 Å². The van der Waals surface area contributed by atoms with Crippen molar-refractivity contribution in [1.29, 1.82) is 0 Å². The minimum atomic E-state index is -0.480. The molecule has 0 aliphatic carbocycles. The maximum absolute atomic E-state index is 13.3. The first-order valence-corrected chi connectivity index (χ1v) is 15.8. The van der Waals surface area contributed by atoms with Crippen LogP contribution in [0.3, 0.4) is 0 Å². The lowest BCUT2D eigenvalue weighted by molar-refractivity contribution is 0.0328. The molecule has 13 heteroatoms. The number of benzene rings is 2. The Morgan fingerprint density at radius 2 is 1.74 bits per heavy atom. The molecule has 1 saturated heterocycles. The Kier molecular flexibility index (Phi) is 10.1. The number of imidazole rings is 1. The summed E-state index contributed by atoms with van der Waals surface area (Å²) in [5, 5.41) is 4.30. The molecule has 6 rings (SSSR count). The smallest absolute Gasteiger partial charge is 0.341 e. The molecule has 0 saturated carbocycles. The topological polar surface area (TPSA) is 130 Å². The third-order valence-electron chi connectivity index (χ3n) is 7.95. The molecular formula is C34H38N8O5. The van der Waals surface area contributed by atoms with E-state index in [0.717, 1.165) is 44.0 Å². The van der Waals surface area contributed by atoms with Gasteiger partial charge in [-0.15, -0.1) is 0 Å². The van der Waals surface area contributed by atoms with Crippen LogP contribution in [0.2, 0.25) is 0 Å². The highest BCUT2D eigenvalue weighted by atomic mass is 16.5. The van der Waals surface area contributed by atoms with Crippen LogP contribution in [-0.4, -0.2) is 104 Å². The molecule has 0 spiro atoms. The molecule has 3 aromatic heterocycles. The summed E-state index contributed by atoms with van der Waals surface area (Å²) >= 11 is 0. The molecule has 1 aliphatic rings. The van der Waals surface area contributed by atoms with Crippen LogP contribution in [-0.2, 0) is 22.6 Å². The molecule has 2 aromatic carbocycles. The average molecular weight is 639 g/mol. The van der Waals surface area contributed by atoms with Gasteiger partial charge in [-0.05, 0) is 37.1 Å². The van der Waals surface area contributed by atoms with E-state index in [1.807, 2.05) is 71.0 Å². The van der Waals surface area contributed by atoms with E-state index < -0.39 is 5.97 Å². The van der Waals surface area contributed by atoms with Crippen LogP contribution in [0.1, 0.15) is 45.7 Å². The molecular weight excluding hydrogens is 600 g/mol. The molecule has 0 radical (unpaired) electrons. The van der Waals surface area contributed by atoms with Gasteiger partial charge in [-0.2, -0.15) is 15.1 Å². The van der Waals surface area contributed by atoms with Gasteiger partial charge < -0.3 is 23.7 Å². The van der Waals surface area contributed by atoms with Crippen molar-refractivity contribution in [3.8, 4) is 11.8 Å². The van der Waals surface area contributed by atoms with Gasteiger partial charge in [-0.25, -0.2) is 14.5 Å². The van der Waals surface area contributed by atoms with Gasteiger partial charge >= 0.3 is 5.97 Å². The maximum Gasteiger partial charge on any atom is 0.341 e. The lowest BCUT2D eigenvalue weighted by Crippen LogP contribution is -2.43. The molecule has 5 aromatic rings. The van der Waals surface area contributed by atoms with Crippen molar-refractivity contribution in [2.45, 2.75) is 27.0 Å². The number of morpholine rings is 1. The normalized spacial score (nSPS) is 13.5. The first-order chi connectivity index (χ1) is 23.0. The second-order valence-electron chi connectivity index (χ2n) is 11.1.